The summed E-state index contributed by atoms with van der Waals surface area (Å²) >= 11 is 1.53. The van der Waals surface area contributed by atoms with Gasteiger partial charge in [-0.1, -0.05) is 38.6 Å². The minimum absolute atomic E-state index is 0.187. The van der Waals surface area contributed by atoms with Crippen LogP contribution in [-0.4, -0.2) is 41.1 Å². The first-order valence-corrected chi connectivity index (χ1v) is 12.5. The first-order valence-electron chi connectivity index (χ1n) is 11.5. The molecule has 1 atom stereocenters. The predicted molar refractivity (Wildman–Crippen MR) is 136 cm³/mol. The number of fused-ring (bicyclic) bond motifs is 3. The van der Waals surface area contributed by atoms with Crippen molar-refractivity contribution in [1.29, 1.82) is 0 Å². The Labute approximate surface area is 210 Å². The molecule has 8 nitrogen and oxygen atoms in total. The third-order valence-electron chi connectivity index (χ3n) is 5.67. The molecule has 0 aliphatic carbocycles. The average Bonchev–Trinajstić information content (AvgIpc) is 3.00. The van der Waals surface area contributed by atoms with Gasteiger partial charge in [-0.3, -0.25) is 9.69 Å². The molecule has 0 radical (unpaired) electrons. The number of ether oxygens (including phenoxy) is 3. The maximum Gasteiger partial charge on any atom is 0.247 e. The molecule has 2 aromatic carbocycles. The van der Waals surface area contributed by atoms with E-state index in [1.165, 1.54) is 18.7 Å². The predicted octanol–water partition coefficient (Wildman–Crippen LogP) is 5.31. The molecule has 0 bridgehead atoms. The number of carbonyl (C=O) groups is 1. The van der Waals surface area contributed by atoms with E-state index in [0.29, 0.717) is 45.4 Å². The van der Waals surface area contributed by atoms with Crippen molar-refractivity contribution in [3.8, 4) is 28.6 Å². The second-order valence-corrected chi connectivity index (χ2v) is 9.61. The SMILES string of the molecule is CCc1ccc2c(c1)-c1nnc(SCC(C)C)nc1O[C@@H](c1ccc(OC)cc1OC)N2C(C)=O. The van der Waals surface area contributed by atoms with Gasteiger partial charge < -0.3 is 14.2 Å². The Morgan fingerprint density at radius 1 is 1.14 bits per heavy atom. The number of amides is 1. The zero-order chi connectivity index (χ0) is 25.1. The van der Waals surface area contributed by atoms with Crippen molar-refractivity contribution in [3.63, 3.8) is 0 Å². The van der Waals surface area contributed by atoms with E-state index in [9.17, 15) is 4.79 Å². The van der Waals surface area contributed by atoms with E-state index in [2.05, 4.69) is 31.0 Å². The highest BCUT2D eigenvalue weighted by Gasteiger charge is 2.36. The van der Waals surface area contributed by atoms with E-state index in [1.807, 2.05) is 30.3 Å². The molecule has 0 unspecified atom stereocenters. The summed E-state index contributed by atoms with van der Waals surface area (Å²) in [7, 11) is 3.17. The number of thioether (sulfide) groups is 1. The monoisotopic (exact) mass is 494 g/mol. The van der Waals surface area contributed by atoms with Crippen molar-refractivity contribution >= 4 is 23.4 Å². The summed E-state index contributed by atoms with van der Waals surface area (Å²) in [6.45, 7) is 7.88. The van der Waals surface area contributed by atoms with Gasteiger partial charge >= 0.3 is 0 Å². The topological polar surface area (TPSA) is 86.7 Å². The van der Waals surface area contributed by atoms with E-state index in [1.54, 1.807) is 25.2 Å². The van der Waals surface area contributed by atoms with Gasteiger partial charge in [0.1, 0.15) is 11.5 Å². The van der Waals surface area contributed by atoms with Gasteiger partial charge in [-0.25, -0.2) is 0 Å². The number of nitrogens with zero attached hydrogens (tertiary/aromatic N) is 4. The number of benzene rings is 2. The van der Waals surface area contributed by atoms with Gasteiger partial charge in [0.05, 0.1) is 25.5 Å². The summed E-state index contributed by atoms with van der Waals surface area (Å²) in [6.07, 6.45) is 0.00288. The number of aryl methyl sites for hydroxylation is 1. The summed E-state index contributed by atoms with van der Waals surface area (Å²) in [4.78, 5) is 19.4. The van der Waals surface area contributed by atoms with Crippen LogP contribution in [0.3, 0.4) is 0 Å². The van der Waals surface area contributed by atoms with Crippen molar-refractivity contribution in [3.05, 3.63) is 47.5 Å². The standard InChI is InChI=1S/C26H30N4O4S/c1-7-17-8-11-21-20(12-17)23-24(27-26(29-28-23)35-14-15(2)3)34-25(30(21)16(4)31)19-10-9-18(32-5)13-22(19)33-6/h8-13,15,25H,7,14H2,1-6H3/t25-/m0/s1. The van der Waals surface area contributed by atoms with Gasteiger partial charge in [0.2, 0.25) is 23.2 Å². The zero-order valence-corrected chi connectivity index (χ0v) is 21.7. The maximum atomic E-state index is 13.1. The van der Waals surface area contributed by atoms with E-state index in [4.69, 9.17) is 19.2 Å². The molecule has 0 N–H and O–H groups in total. The Bertz CT molecular complexity index is 1230. The van der Waals surface area contributed by atoms with Crippen LogP contribution in [0.4, 0.5) is 5.69 Å². The van der Waals surface area contributed by atoms with Crippen molar-refractivity contribution < 1.29 is 19.0 Å². The highest BCUT2D eigenvalue weighted by atomic mass is 32.2. The van der Waals surface area contributed by atoms with Crippen molar-refractivity contribution in [2.45, 2.75) is 45.5 Å². The van der Waals surface area contributed by atoms with E-state index in [0.717, 1.165) is 23.3 Å². The molecule has 3 aromatic rings. The van der Waals surface area contributed by atoms with E-state index in [-0.39, 0.29) is 5.91 Å². The van der Waals surface area contributed by atoms with E-state index >= 15 is 0 Å². The lowest BCUT2D eigenvalue weighted by molar-refractivity contribution is -0.118. The molecule has 4 rings (SSSR count). The number of rotatable bonds is 7. The molecule has 2 heterocycles. The van der Waals surface area contributed by atoms with Crippen LogP contribution in [0.25, 0.3) is 11.3 Å². The first kappa shape index (κ1) is 24.8. The minimum Gasteiger partial charge on any atom is -0.497 e. The van der Waals surface area contributed by atoms with Crippen LogP contribution in [0.2, 0.25) is 0 Å². The van der Waals surface area contributed by atoms with Gasteiger partial charge in [0, 0.05) is 24.3 Å². The van der Waals surface area contributed by atoms with Crippen molar-refractivity contribution in [2.24, 2.45) is 5.92 Å². The number of aromatic nitrogens is 3. The first-order chi connectivity index (χ1) is 16.9. The second kappa shape index (κ2) is 10.5. The molecule has 0 saturated carbocycles. The van der Waals surface area contributed by atoms with Gasteiger partial charge in [-0.05, 0) is 42.2 Å². The molecule has 0 saturated heterocycles. The zero-order valence-electron chi connectivity index (χ0n) is 20.9. The van der Waals surface area contributed by atoms with Gasteiger partial charge in [0.15, 0.2) is 5.69 Å². The molecule has 1 aromatic heterocycles. The molecular formula is C26H30N4O4S. The van der Waals surface area contributed by atoms with Gasteiger partial charge in [0.25, 0.3) is 0 Å². The minimum atomic E-state index is -0.833. The maximum absolute atomic E-state index is 13.1. The molecule has 1 aliphatic rings. The number of carbonyl (C=O) groups excluding carboxylic acids is 1. The van der Waals surface area contributed by atoms with Crippen LogP contribution in [0, 0.1) is 5.92 Å². The Morgan fingerprint density at radius 3 is 2.60 bits per heavy atom. The molecule has 1 amide bonds. The van der Waals surface area contributed by atoms with Crippen LogP contribution in [-0.2, 0) is 11.2 Å². The Hall–Kier alpha value is -3.33. The summed E-state index contributed by atoms with van der Waals surface area (Å²) in [5.41, 5.74) is 3.71. The smallest absolute Gasteiger partial charge is 0.247 e. The average molecular weight is 495 g/mol. The van der Waals surface area contributed by atoms with Crippen LogP contribution < -0.4 is 19.1 Å². The Balaban J connectivity index is 1.93. The van der Waals surface area contributed by atoms with E-state index < -0.39 is 6.23 Å². The van der Waals surface area contributed by atoms with Crippen molar-refractivity contribution in [2.75, 3.05) is 24.9 Å². The summed E-state index contributed by atoms with van der Waals surface area (Å²) in [5, 5.41) is 9.41. The number of anilines is 1. The molecule has 35 heavy (non-hydrogen) atoms. The molecule has 9 heteroatoms. The summed E-state index contributed by atoms with van der Waals surface area (Å²) in [6, 6.07) is 11.4. The molecule has 1 aliphatic heterocycles. The molecular weight excluding hydrogens is 464 g/mol. The fraction of sp³-hybridized carbons (Fsp3) is 0.385. The Morgan fingerprint density at radius 2 is 1.94 bits per heavy atom. The lowest BCUT2D eigenvalue weighted by atomic mass is 10.0. The number of hydrogen-bond acceptors (Lipinski definition) is 8. The summed E-state index contributed by atoms with van der Waals surface area (Å²) < 4.78 is 17.5. The summed E-state index contributed by atoms with van der Waals surface area (Å²) in [5.74, 6) is 2.64. The van der Waals surface area contributed by atoms with Gasteiger partial charge in [-0.15, -0.1) is 10.2 Å². The number of methoxy groups -OCH3 is 2. The quantitative estimate of drug-likeness (QED) is 0.409. The fourth-order valence-corrected chi connectivity index (χ4v) is 4.63. The fourth-order valence-electron chi connectivity index (χ4n) is 3.90. The Kier molecular flexibility index (Phi) is 7.45. The van der Waals surface area contributed by atoms with Crippen LogP contribution in [0.15, 0.2) is 41.6 Å². The third-order valence-corrected chi connectivity index (χ3v) is 6.93. The third kappa shape index (κ3) is 5.05. The van der Waals surface area contributed by atoms with Crippen LogP contribution >= 0.6 is 11.8 Å². The molecule has 0 spiro atoms. The molecule has 184 valence electrons. The van der Waals surface area contributed by atoms with Crippen LogP contribution in [0.1, 0.15) is 45.0 Å². The normalized spacial score (nSPS) is 14.6. The molecule has 0 fully saturated rings. The highest BCUT2D eigenvalue weighted by Crippen LogP contribution is 2.45. The van der Waals surface area contributed by atoms with Crippen molar-refractivity contribution in [1.82, 2.24) is 15.2 Å². The number of hydrogen-bond donors (Lipinski definition) is 0. The van der Waals surface area contributed by atoms with Crippen LogP contribution in [0.5, 0.6) is 17.4 Å². The lowest BCUT2D eigenvalue weighted by Gasteiger charge is -2.31. The second-order valence-electron chi connectivity index (χ2n) is 8.63. The van der Waals surface area contributed by atoms with Gasteiger partial charge in [-0.2, -0.15) is 4.98 Å². The highest BCUT2D eigenvalue weighted by molar-refractivity contribution is 7.99. The largest absolute Gasteiger partial charge is 0.497 e. The lowest BCUT2D eigenvalue weighted by Crippen LogP contribution is -2.36.